The Hall–Kier alpha value is -0.540. The van der Waals surface area contributed by atoms with Crippen molar-refractivity contribution in [1.29, 1.82) is 0 Å². The number of hydrogen-bond acceptors (Lipinski definition) is 2. The van der Waals surface area contributed by atoms with E-state index in [9.17, 15) is 0 Å². The minimum Gasteiger partial charge on any atom is -0.373 e. The smallest absolute Gasteiger partial charge is 0.0508 e. The van der Waals surface area contributed by atoms with Gasteiger partial charge in [-0.25, -0.2) is 0 Å². The fraction of sp³-hybridized carbons (Fsp3) is 0.538. The minimum absolute atomic E-state index is 0.667. The molecule has 90 valence electrons. The molecule has 0 aromatic heterocycles. The molecule has 1 rings (SSSR count). The highest BCUT2D eigenvalue weighted by Crippen LogP contribution is 2.27. The molecule has 0 aliphatic heterocycles. The van der Waals surface area contributed by atoms with Crippen molar-refractivity contribution in [2.24, 2.45) is 11.7 Å². The quantitative estimate of drug-likeness (QED) is 0.901. The van der Waals surface area contributed by atoms with Gasteiger partial charge in [0.25, 0.3) is 0 Å². The standard InChI is InChI=1S/C13H21BrN2/c1-10(2)9-16(3)13-5-4-11(6-7-15)8-12(13)14/h4-5,8,10H,6-7,9,15H2,1-3H3. The molecule has 2 N–H and O–H groups in total. The van der Waals surface area contributed by atoms with E-state index in [1.807, 2.05) is 0 Å². The molecule has 0 spiro atoms. The second-order valence-corrected chi connectivity index (χ2v) is 5.45. The fourth-order valence-electron chi connectivity index (χ4n) is 1.83. The van der Waals surface area contributed by atoms with Crippen LogP contribution in [0.5, 0.6) is 0 Å². The van der Waals surface area contributed by atoms with Crippen LogP contribution in [-0.4, -0.2) is 20.1 Å². The van der Waals surface area contributed by atoms with E-state index >= 15 is 0 Å². The highest BCUT2D eigenvalue weighted by atomic mass is 79.9. The highest BCUT2D eigenvalue weighted by molar-refractivity contribution is 9.10. The topological polar surface area (TPSA) is 29.3 Å². The van der Waals surface area contributed by atoms with Crippen LogP contribution in [0.15, 0.2) is 22.7 Å². The van der Waals surface area contributed by atoms with E-state index < -0.39 is 0 Å². The van der Waals surface area contributed by atoms with Gasteiger partial charge in [-0.3, -0.25) is 0 Å². The maximum Gasteiger partial charge on any atom is 0.0508 e. The van der Waals surface area contributed by atoms with E-state index in [2.05, 4.69) is 59.9 Å². The summed E-state index contributed by atoms with van der Waals surface area (Å²) in [5.74, 6) is 0.667. The zero-order chi connectivity index (χ0) is 12.1. The van der Waals surface area contributed by atoms with Crippen LogP contribution in [0.4, 0.5) is 5.69 Å². The summed E-state index contributed by atoms with van der Waals surface area (Å²) in [5.41, 5.74) is 8.08. The summed E-state index contributed by atoms with van der Waals surface area (Å²) in [6.07, 6.45) is 0.937. The molecule has 0 radical (unpaired) electrons. The summed E-state index contributed by atoms with van der Waals surface area (Å²) >= 11 is 3.63. The molecule has 0 saturated heterocycles. The van der Waals surface area contributed by atoms with Crippen molar-refractivity contribution < 1.29 is 0 Å². The van der Waals surface area contributed by atoms with Crippen LogP contribution in [-0.2, 0) is 6.42 Å². The fourth-order valence-corrected chi connectivity index (χ4v) is 2.56. The Kier molecular flexibility index (Phi) is 5.29. The van der Waals surface area contributed by atoms with Gasteiger partial charge in [0.15, 0.2) is 0 Å². The van der Waals surface area contributed by atoms with Gasteiger partial charge in [-0.2, -0.15) is 0 Å². The molecule has 0 atom stereocenters. The zero-order valence-corrected chi connectivity index (χ0v) is 11.9. The number of nitrogens with zero attached hydrogens (tertiary/aromatic N) is 1. The van der Waals surface area contributed by atoms with E-state index in [0.29, 0.717) is 12.5 Å². The van der Waals surface area contributed by atoms with Crippen molar-refractivity contribution in [3.05, 3.63) is 28.2 Å². The van der Waals surface area contributed by atoms with Crippen LogP contribution < -0.4 is 10.6 Å². The molecule has 0 heterocycles. The molecule has 1 aromatic rings. The lowest BCUT2D eigenvalue weighted by Gasteiger charge is -2.23. The zero-order valence-electron chi connectivity index (χ0n) is 10.3. The maximum atomic E-state index is 5.55. The molecule has 3 heteroatoms. The van der Waals surface area contributed by atoms with Crippen molar-refractivity contribution in [1.82, 2.24) is 0 Å². The Morgan fingerprint density at radius 1 is 1.38 bits per heavy atom. The second-order valence-electron chi connectivity index (χ2n) is 4.60. The van der Waals surface area contributed by atoms with Gasteiger partial charge in [-0.1, -0.05) is 19.9 Å². The van der Waals surface area contributed by atoms with E-state index in [0.717, 1.165) is 17.4 Å². The average Bonchev–Trinajstić information content (AvgIpc) is 2.16. The van der Waals surface area contributed by atoms with Crippen LogP contribution in [0.1, 0.15) is 19.4 Å². The van der Waals surface area contributed by atoms with Gasteiger partial charge in [0.2, 0.25) is 0 Å². The van der Waals surface area contributed by atoms with Gasteiger partial charge in [0.05, 0.1) is 5.69 Å². The lowest BCUT2D eigenvalue weighted by Crippen LogP contribution is -2.22. The van der Waals surface area contributed by atoms with Gasteiger partial charge in [-0.15, -0.1) is 0 Å². The molecule has 16 heavy (non-hydrogen) atoms. The third-order valence-electron chi connectivity index (χ3n) is 2.50. The van der Waals surface area contributed by atoms with Crippen LogP contribution in [0.2, 0.25) is 0 Å². The highest BCUT2D eigenvalue weighted by Gasteiger charge is 2.07. The third kappa shape index (κ3) is 3.80. The molecular weight excluding hydrogens is 264 g/mol. The minimum atomic E-state index is 0.667. The number of hydrogen-bond donors (Lipinski definition) is 1. The van der Waals surface area contributed by atoms with E-state index in [1.54, 1.807) is 0 Å². The first-order chi connectivity index (χ1) is 7.54. The summed E-state index contributed by atoms with van der Waals surface area (Å²) in [4.78, 5) is 2.28. The molecule has 0 fully saturated rings. The summed E-state index contributed by atoms with van der Waals surface area (Å²) in [7, 11) is 2.13. The van der Waals surface area contributed by atoms with Gasteiger partial charge in [0, 0.05) is 18.1 Å². The Labute approximate surface area is 107 Å². The number of nitrogens with two attached hydrogens (primary N) is 1. The lowest BCUT2D eigenvalue weighted by molar-refractivity contribution is 0.638. The van der Waals surface area contributed by atoms with Crippen molar-refractivity contribution in [2.75, 3.05) is 25.0 Å². The summed E-state index contributed by atoms with van der Waals surface area (Å²) < 4.78 is 1.15. The average molecular weight is 285 g/mol. The molecule has 0 saturated carbocycles. The van der Waals surface area contributed by atoms with Crippen LogP contribution in [0, 0.1) is 5.92 Å². The summed E-state index contributed by atoms with van der Waals surface area (Å²) in [6.45, 7) is 6.23. The van der Waals surface area contributed by atoms with Crippen LogP contribution in [0.3, 0.4) is 0 Å². The molecule has 1 aromatic carbocycles. The van der Waals surface area contributed by atoms with E-state index in [4.69, 9.17) is 5.73 Å². The molecule has 2 nitrogen and oxygen atoms in total. The Morgan fingerprint density at radius 3 is 2.56 bits per heavy atom. The Balaban J connectivity index is 2.81. The lowest BCUT2D eigenvalue weighted by atomic mass is 10.1. The number of anilines is 1. The van der Waals surface area contributed by atoms with Crippen LogP contribution >= 0.6 is 15.9 Å². The molecule has 0 aliphatic carbocycles. The van der Waals surface area contributed by atoms with Crippen molar-refractivity contribution in [3.63, 3.8) is 0 Å². The van der Waals surface area contributed by atoms with Gasteiger partial charge < -0.3 is 10.6 Å². The largest absolute Gasteiger partial charge is 0.373 e. The first kappa shape index (κ1) is 13.5. The summed E-state index contributed by atoms with van der Waals surface area (Å²) in [5, 5.41) is 0. The van der Waals surface area contributed by atoms with Gasteiger partial charge in [-0.05, 0) is 52.5 Å². The predicted molar refractivity (Wildman–Crippen MR) is 75.0 cm³/mol. The molecule has 0 aliphatic rings. The SMILES string of the molecule is CC(C)CN(C)c1ccc(CCN)cc1Br. The number of rotatable bonds is 5. The first-order valence-electron chi connectivity index (χ1n) is 5.74. The number of benzene rings is 1. The molecule has 0 bridgehead atoms. The normalized spacial score (nSPS) is 10.9. The van der Waals surface area contributed by atoms with E-state index in [-0.39, 0.29) is 0 Å². The molecule has 0 unspecified atom stereocenters. The van der Waals surface area contributed by atoms with Gasteiger partial charge in [0.1, 0.15) is 0 Å². The monoisotopic (exact) mass is 284 g/mol. The first-order valence-corrected chi connectivity index (χ1v) is 6.53. The van der Waals surface area contributed by atoms with Gasteiger partial charge >= 0.3 is 0 Å². The Bertz CT molecular complexity index is 337. The van der Waals surface area contributed by atoms with Crippen molar-refractivity contribution in [3.8, 4) is 0 Å². The maximum absolute atomic E-state index is 5.55. The van der Waals surface area contributed by atoms with Crippen molar-refractivity contribution >= 4 is 21.6 Å². The third-order valence-corrected chi connectivity index (χ3v) is 3.13. The predicted octanol–water partition coefficient (Wildman–Crippen LogP) is 3.04. The number of halogens is 1. The van der Waals surface area contributed by atoms with Crippen LogP contribution in [0.25, 0.3) is 0 Å². The van der Waals surface area contributed by atoms with Crippen molar-refractivity contribution in [2.45, 2.75) is 20.3 Å². The van der Waals surface area contributed by atoms with E-state index in [1.165, 1.54) is 11.3 Å². The molecule has 0 amide bonds. The molecular formula is C13H21BrN2. The summed E-state index contributed by atoms with van der Waals surface area (Å²) in [6, 6.07) is 6.49. The Morgan fingerprint density at radius 2 is 2.06 bits per heavy atom. The second kappa shape index (κ2) is 6.26.